The van der Waals surface area contributed by atoms with Crippen molar-refractivity contribution in [1.82, 2.24) is 4.98 Å². The highest BCUT2D eigenvalue weighted by Gasteiger charge is 2.23. The minimum atomic E-state index is -0.00574. The van der Waals surface area contributed by atoms with Crippen LogP contribution in [0.5, 0.6) is 5.75 Å². The van der Waals surface area contributed by atoms with Gasteiger partial charge in [-0.2, -0.15) is 0 Å². The van der Waals surface area contributed by atoms with Crippen molar-refractivity contribution in [2.24, 2.45) is 0 Å². The maximum atomic E-state index is 11.0. The third-order valence-corrected chi connectivity index (χ3v) is 2.07. The van der Waals surface area contributed by atoms with Crippen LogP contribution in [0.25, 0.3) is 0 Å². The van der Waals surface area contributed by atoms with E-state index in [0.29, 0.717) is 11.3 Å². The molecule has 0 saturated heterocycles. The van der Waals surface area contributed by atoms with Crippen molar-refractivity contribution in [3.63, 3.8) is 0 Å². The Labute approximate surface area is 71.5 Å². The molecule has 0 unspecified atom stereocenters. The van der Waals surface area contributed by atoms with Gasteiger partial charge in [0, 0.05) is 12.4 Å². The Bertz CT molecular complexity index is 324. The Morgan fingerprint density at radius 3 is 3.09 bits per heavy atom. The quantitative estimate of drug-likeness (QED) is 0.655. The molecule has 11 heavy (non-hydrogen) atoms. The summed E-state index contributed by atoms with van der Waals surface area (Å²) in [6.07, 6.45) is 3.13. The predicted molar refractivity (Wildman–Crippen MR) is 41.8 cm³/mol. The SMILES string of the molecule is O=C1COc2c(Br)cncc21. The minimum Gasteiger partial charge on any atom is -0.483 e. The van der Waals surface area contributed by atoms with Crippen LogP contribution in [-0.4, -0.2) is 17.4 Å². The smallest absolute Gasteiger partial charge is 0.205 e. The van der Waals surface area contributed by atoms with E-state index in [1.165, 1.54) is 6.20 Å². The number of nitrogens with zero attached hydrogens (tertiary/aromatic N) is 1. The van der Waals surface area contributed by atoms with Gasteiger partial charge in [-0.05, 0) is 15.9 Å². The number of fused-ring (bicyclic) bond motifs is 1. The van der Waals surface area contributed by atoms with E-state index >= 15 is 0 Å². The second-order valence-corrected chi connectivity index (χ2v) is 3.06. The summed E-state index contributed by atoms with van der Waals surface area (Å²) in [6, 6.07) is 0. The largest absolute Gasteiger partial charge is 0.483 e. The van der Waals surface area contributed by atoms with Crippen LogP contribution in [0, 0.1) is 0 Å². The highest BCUT2D eigenvalue weighted by atomic mass is 79.9. The van der Waals surface area contributed by atoms with Crippen LogP contribution < -0.4 is 4.74 Å². The zero-order valence-electron chi connectivity index (χ0n) is 5.50. The van der Waals surface area contributed by atoms with Gasteiger partial charge < -0.3 is 4.74 Å². The van der Waals surface area contributed by atoms with Crippen LogP contribution in [0.4, 0.5) is 0 Å². The van der Waals surface area contributed by atoms with E-state index < -0.39 is 0 Å². The van der Waals surface area contributed by atoms with Crippen molar-refractivity contribution >= 4 is 21.7 Å². The molecule has 0 fully saturated rings. The third-order valence-electron chi connectivity index (χ3n) is 1.50. The lowest BCUT2D eigenvalue weighted by Gasteiger charge is -1.97. The summed E-state index contributed by atoms with van der Waals surface area (Å²) in [5.41, 5.74) is 0.569. The molecule has 0 spiro atoms. The first kappa shape index (κ1) is 6.79. The summed E-state index contributed by atoms with van der Waals surface area (Å²) in [6.45, 7) is 0.139. The standard InChI is InChI=1S/C7H4BrNO2/c8-5-2-9-1-4-6(10)3-11-7(4)5/h1-2H,3H2. The van der Waals surface area contributed by atoms with Gasteiger partial charge in [0.25, 0.3) is 0 Å². The summed E-state index contributed by atoms with van der Waals surface area (Å²) in [4.78, 5) is 14.9. The molecule has 0 saturated carbocycles. The van der Waals surface area contributed by atoms with Crippen molar-refractivity contribution < 1.29 is 9.53 Å². The fourth-order valence-corrected chi connectivity index (χ4v) is 1.43. The number of ketones is 1. The average molecular weight is 214 g/mol. The van der Waals surface area contributed by atoms with Crippen LogP contribution in [0.1, 0.15) is 10.4 Å². The molecule has 0 radical (unpaired) electrons. The summed E-state index contributed by atoms with van der Waals surface area (Å²) < 4.78 is 5.84. The number of carbonyl (C=O) groups excluding carboxylic acids is 1. The van der Waals surface area contributed by atoms with Gasteiger partial charge >= 0.3 is 0 Å². The number of aromatic nitrogens is 1. The highest BCUT2D eigenvalue weighted by Crippen LogP contribution is 2.31. The number of carbonyl (C=O) groups is 1. The number of Topliss-reactive ketones (excluding diaryl/α,β-unsaturated/α-hetero) is 1. The fraction of sp³-hybridized carbons (Fsp3) is 0.143. The van der Waals surface area contributed by atoms with E-state index in [9.17, 15) is 4.79 Å². The molecule has 2 rings (SSSR count). The molecule has 0 aliphatic carbocycles. The van der Waals surface area contributed by atoms with E-state index in [1.807, 2.05) is 0 Å². The van der Waals surface area contributed by atoms with E-state index in [2.05, 4.69) is 20.9 Å². The zero-order chi connectivity index (χ0) is 7.84. The van der Waals surface area contributed by atoms with Gasteiger partial charge in [-0.15, -0.1) is 0 Å². The number of pyridine rings is 1. The van der Waals surface area contributed by atoms with Crippen molar-refractivity contribution in [3.05, 3.63) is 22.4 Å². The second-order valence-electron chi connectivity index (χ2n) is 2.21. The van der Waals surface area contributed by atoms with Crippen LogP contribution in [0.2, 0.25) is 0 Å². The Balaban J connectivity index is 2.66. The molecule has 1 aliphatic rings. The summed E-state index contributed by atoms with van der Waals surface area (Å²) in [7, 11) is 0. The van der Waals surface area contributed by atoms with Crippen LogP contribution >= 0.6 is 15.9 Å². The van der Waals surface area contributed by atoms with Crippen LogP contribution in [0.15, 0.2) is 16.9 Å². The van der Waals surface area contributed by atoms with Gasteiger partial charge in [0.2, 0.25) is 5.78 Å². The van der Waals surface area contributed by atoms with Crippen LogP contribution in [0.3, 0.4) is 0 Å². The Kier molecular flexibility index (Phi) is 1.42. The Morgan fingerprint density at radius 1 is 1.55 bits per heavy atom. The maximum absolute atomic E-state index is 11.0. The molecule has 1 aromatic rings. The summed E-state index contributed by atoms with van der Waals surface area (Å²) in [5, 5.41) is 0. The molecular weight excluding hydrogens is 210 g/mol. The molecule has 0 atom stereocenters. The lowest BCUT2D eigenvalue weighted by Crippen LogP contribution is -1.98. The number of hydrogen-bond acceptors (Lipinski definition) is 3. The molecule has 0 N–H and O–H groups in total. The normalized spacial score (nSPS) is 14.5. The molecule has 0 amide bonds. The molecule has 0 aromatic carbocycles. The lowest BCUT2D eigenvalue weighted by molar-refractivity contribution is 0.0961. The molecule has 4 heteroatoms. The first-order chi connectivity index (χ1) is 5.29. The van der Waals surface area contributed by atoms with Crippen molar-refractivity contribution in [3.8, 4) is 5.75 Å². The highest BCUT2D eigenvalue weighted by molar-refractivity contribution is 9.10. The molecule has 1 aromatic heterocycles. The summed E-state index contributed by atoms with van der Waals surface area (Å²) >= 11 is 3.24. The zero-order valence-corrected chi connectivity index (χ0v) is 7.09. The maximum Gasteiger partial charge on any atom is 0.205 e. The van der Waals surface area contributed by atoms with Gasteiger partial charge in [0.05, 0.1) is 10.0 Å². The van der Waals surface area contributed by atoms with Crippen LogP contribution in [-0.2, 0) is 0 Å². The van der Waals surface area contributed by atoms with Gasteiger partial charge in [-0.3, -0.25) is 9.78 Å². The fourth-order valence-electron chi connectivity index (χ4n) is 0.984. The summed E-state index contributed by atoms with van der Waals surface area (Å²) in [5.74, 6) is 0.610. The first-order valence-electron chi connectivity index (χ1n) is 3.08. The van der Waals surface area contributed by atoms with E-state index in [0.717, 1.165) is 4.47 Å². The van der Waals surface area contributed by atoms with Gasteiger partial charge in [0.15, 0.2) is 6.61 Å². The van der Waals surface area contributed by atoms with E-state index in [-0.39, 0.29) is 12.4 Å². The Morgan fingerprint density at radius 2 is 2.36 bits per heavy atom. The second kappa shape index (κ2) is 2.30. The predicted octanol–water partition coefficient (Wildman–Crippen LogP) is 1.42. The number of halogens is 1. The average Bonchev–Trinajstić information content (AvgIpc) is 2.35. The van der Waals surface area contributed by atoms with E-state index in [1.54, 1.807) is 6.20 Å². The number of rotatable bonds is 0. The van der Waals surface area contributed by atoms with Crippen molar-refractivity contribution in [2.45, 2.75) is 0 Å². The van der Waals surface area contributed by atoms with Gasteiger partial charge in [-0.25, -0.2) is 0 Å². The molecule has 56 valence electrons. The topological polar surface area (TPSA) is 39.2 Å². The monoisotopic (exact) mass is 213 g/mol. The van der Waals surface area contributed by atoms with E-state index in [4.69, 9.17) is 4.74 Å². The van der Waals surface area contributed by atoms with Gasteiger partial charge in [-0.1, -0.05) is 0 Å². The molecule has 2 heterocycles. The van der Waals surface area contributed by atoms with Gasteiger partial charge in [0.1, 0.15) is 5.75 Å². The Hall–Kier alpha value is -0.900. The first-order valence-corrected chi connectivity index (χ1v) is 3.88. The van der Waals surface area contributed by atoms with Crippen molar-refractivity contribution in [1.29, 1.82) is 0 Å². The molecular formula is C7H4BrNO2. The molecule has 1 aliphatic heterocycles. The number of hydrogen-bond donors (Lipinski definition) is 0. The lowest BCUT2D eigenvalue weighted by atomic mass is 10.2. The third kappa shape index (κ3) is 0.939. The van der Waals surface area contributed by atoms with Crippen molar-refractivity contribution in [2.75, 3.05) is 6.61 Å². The number of ether oxygens (including phenoxy) is 1. The minimum absolute atomic E-state index is 0.00574. The molecule has 3 nitrogen and oxygen atoms in total. The molecule has 0 bridgehead atoms.